The molecule has 1 fully saturated rings. The molecular formula is C22H19N3O3. The van der Waals surface area contributed by atoms with E-state index in [0.29, 0.717) is 23.6 Å². The van der Waals surface area contributed by atoms with Gasteiger partial charge in [0, 0.05) is 36.3 Å². The van der Waals surface area contributed by atoms with Crippen LogP contribution in [0.1, 0.15) is 16.7 Å². The predicted molar refractivity (Wildman–Crippen MR) is 104 cm³/mol. The van der Waals surface area contributed by atoms with Gasteiger partial charge in [-0.05, 0) is 35.4 Å². The van der Waals surface area contributed by atoms with Crippen LogP contribution in [0.4, 0.5) is 5.69 Å². The Bertz CT molecular complexity index is 1080. The summed E-state index contributed by atoms with van der Waals surface area (Å²) in [6, 6.07) is 12.4. The number of aromatic nitrogens is 1. The van der Waals surface area contributed by atoms with Gasteiger partial charge in [0.05, 0.1) is 32.3 Å². The fraction of sp³-hybridized carbons (Fsp3) is 0.273. The number of rotatable bonds is 3. The lowest BCUT2D eigenvalue weighted by atomic mass is 9.99. The first-order chi connectivity index (χ1) is 13.8. The molecule has 0 unspecified atom stereocenters. The molecule has 0 bridgehead atoms. The zero-order valence-electron chi connectivity index (χ0n) is 15.6. The van der Waals surface area contributed by atoms with E-state index in [-0.39, 0.29) is 0 Å². The van der Waals surface area contributed by atoms with Gasteiger partial charge in [0.1, 0.15) is 17.4 Å². The molecule has 1 aliphatic heterocycles. The van der Waals surface area contributed by atoms with Crippen LogP contribution in [0, 0.1) is 11.3 Å². The molecule has 0 atom stereocenters. The average molecular weight is 373 g/mol. The number of furan rings is 1. The molecule has 6 nitrogen and oxygen atoms in total. The van der Waals surface area contributed by atoms with Crippen LogP contribution < -0.4 is 9.64 Å². The fourth-order valence-corrected chi connectivity index (χ4v) is 4.11. The molecule has 2 aliphatic rings. The number of methoxy groups -OCH3 is 1. The third kappa shape index (κ3) is 2.55. The Labute approximate surface area is 162 Å². The summed E-state index contributed by atoms with van der Waals surface area (Å²) in [6.07, 6.45) is 2.33. The Hall–Kier alpha value is -3.30. The van der Waals surface area contributed by atoms with Crippen molar-refractivity contribution in [1.29, 1.82) is 5.26 Å². The maximum atomic E-state index is 9.76. The number of morpholine rings is 1. The Balaban J connectivity index is 1.65. The van der Waals surface area contributed by atoms with Crippen molar-refractivity contribution < 1.29 is 13.9 Å². The van der Waals surface area contributed by atoms with Crippen molar-refractivity contribution in [2.24, 2.45) is 0 Å². The highest BCUT2D eigenvalue weighted by Gasteiger charge is 2.30. The Kier molecular flexibility index (Phi) is 4.03. The second-order valence-electron chi connectivity index (χ2n) is 6.90. The largest absolute Gasteiger partial charge is 0.480 e. The SMILES string of the molecule is COc1nc2c(c(-c3ccco3)c1C#N)Cc1cc(N3CCOCC3)ccc1-2. The van der Waals surface area contributed by atoms with Gasteiger partial charge >= 0.3 is 0 Å². The number of nitrogens with zero attached hydrogens (tertiary/aromatic N) is 3. The quantitative estimate of drug-likeness (QED) is 0.546. The second kappa shape index (κ2) is 6.70. The zero-order chi connectivity index (χ0) is 19.1. The molecule has 0 radical (unpaired) electrons. The zero-order valence-corrected chi connectivity index (χ0v) is 15.6. The van der Waals surface area contributed by atoms with Gasteiger partial charge in [-0.3, -0.25) is 0 Å². The van der Waals surface area contributed by atoms with Gasteiger partial charge in [0.25, 0.3) is 0 Å². The van der Waals surface area contributed by atoms with Crippen molar-refractivity contribution in [2.75, 3.05) is 38.3 Å². The number of anilines is 1. The molecule has 0 amide bonds. The van der Waals surface area contributed by atoms with E-state index in [1.807, 2.05) is 12.1 Å². The summed E-state index contributed by atoms with van der Waals surface area (Å²) in [6.45, 7) is 3.30. The Morgan fingerprint density at radius 3 is 2.79 bits per heavy atom. The molecule has 1 saturated heterocycles. The van der Waals surface area contributed by atoms with Crippen LogP contribution in [0.5, 0.6) is 5.88 Å². The number of hydrogen-bond acceptors (Lipinski definition) is 6. The molecular weight excluding hydrogens is 354 g/mol. The van der Waals surface area contributed by atoms with E-state index in [9.17, 15) is 5.26 Å². The molecule has 3 heterocycles. The smallest absolute Gasteiger partial charge is 0.232 e. The molecule has 5 rings (SSSR count). The summed E-state index contributed by atoms with van der Waals surface area (Å²) in [5.74, 6) is 0.993. The molecule has 1 aliphatic carbocycles. The Morgan fingerprint density at radius 2 is 2.07 bits per heavy atom. The van der Waals surface area contributed by atoms with Gasteiger partial charge in [0.2, 0.25) is 5.88 Å². The van der Waals surface area contributed by atoms with Gasteiger partial charge < -0.3 is 18.8 Å². The van der Waals surface area contributed by atoms with Crippen LogP contribution in [0.15, 0.2) is 41.0 Å². The fourth-order valence-electron chi connectivity index (χ4n) is 4.11. The molecule has 1 aromatic carbocycles. The van der Waals surface area contributed by atoms with Gasteiger partial charge in [-0.1, -0.05) is 6.07 Å². The molecule has 0 spiro atoms. The maximum Gasteiger partial charge on any atom is 0.232 e. The standard InChI is InChI=1S/C22H19N3O3/c1-26-22-18(13-23)20(19-3-2-8-28-19)17-12-14-11-15(25-6-9-27-10-7-25)4-5-16(14)21(17)24-22/h2-5,8,11H,6-7,9-10,12H2,1H3. The number of fused-ring (bicyclic) bond motifs is 3. The minimum Gasteiger partial charge on any atom is -0.480 e. The summed E-state index contributed by atoms with van der Waals surface area (Å²) in [5, 5.41) is 9.76. The number of nitriles is 1. The van der Waals surface area contributed by atoms with Crippen molar-refractivity contribution in [3.8, 4) is 34.5 Å². The van der Waals surface area contributed by atoms with E-state index in [1.54, 1.807) is 13.4 Å². The van der Waals surface area contributed by atoms with Crippen LogP contribution in [-0.2, 0) is 11.2 Å². The second-order valence-corrected chi connectivity index (χ2v) is 6.90. The van der Waals surface area contributed by atoms with E-state index in [0.717, 1.165) is 48.7 Å². The highest BCUT2D eigenvalue weighted by Crippen LogP contribution is 2.45. The summed E-state index contributed by atoms with van der Waals surface area (Å²) < 4.78 is 16.6. The topological polar surface area (TPSA) is 71.5 Å². The molecule has 28 heavy (non-hydrogen) atoms. The van der Waals surface area contributed by atoms with Crippen LogP contribution in [-0.4, -0.2) is 38.4 Å². The maximum absolute atomic E-state index is 9.76. The first-order valence-electron chi connectivity index (χ1n) is 9.31. The molecule has 6 heteroatoms. The van der Waals surface area contributed by atoms with E-state index in [1.165, 1.54) is 11.3 Å². The third-order valence-electron chi connectivity index (χ3n) is 5.42. The van der Waals surface area contributed by atoms with Crippen LogP contribution in [0.2, 0.25) is 0 Å². The highest BCUT2D eigenvalue weighted by molar-refractivity contribution is 5.86. The van der Waals surface area contributed by atoms with Crippen LogP contribution in [0.3, 0.4) is 0 Å². The predicted octanol–water partition coefficient (Wildman–Crippen LogP) is 3.63. The lowest BCUT2D eigenvalue weighted by Gasteiger charge is -2.29. The van der Waals surface area contributed by atoms with Crippen molar-refractivity contribution in [1.82, 2.24) is 4.98 Å². The average Bonchev–Trinajstić information content (AvgIpc) is 3.40. The molecule has 3 aromatic rings. The van der Waals surface area contributed by atoms with Crippen molar-refractivity contribution in [3.05, 3.63) is 53.3 Å². The summed E-state index contributed by atoms with van der Waals surface area (Å²) in [5.41, 5.74) is 6.56. The van der Waals surface area contributed by atoms with E-state index < -0.39 is 0 Å². The van der Waals surface area contributed by atoms with Gasteiger partial charge in [0.15, 0.2) is 0 Å². The van der Waals surface area contributed by atoms with E-state index >= 15 is 0 Å². The van der Waals surface area contributed by atoms with E-state index in [4.69, 9.17) is 13.9 Å². The van der Waals surface area contributed by atoms with Crippen molar-refractivity contribution in [2.45, 2.75) is 6.42 Å². The molecule has 140 valence electrons. The monoisotopic (exact) mass is 373 g/mol. The highest BCUT2D eigenvalue weighted by atomic mass is 16.5. The van der Waals surface area contributed by atoms with Gasteiger partial charge in [-0.25, -0.2) is 4.98 Å². The van der Waals surface area contributed by atoms with E-state index in [2.05, 4.69) is 34.2 Å². The van der Waals surface area contributed by atoms with Crippen molar-refractivity contribution >= 4 is 5.69 Å². The minimum absolute atomic E-state index is 0.331. The number of hydrogen-bond donors (Lipinski definition) is 0. The summed E-state index contributed by atoms with van der Waals surface area (Å²) in [4.78, 5) is 7.02. The summed E-state index contributed by atoms with van der Waals surface area (Å²) >= 11 is 0. The minimum atomic E-state index is 0.331. The Morgan fingerprint density at radius 1 is 1.21 bits per heavy atom. The number of pyridine rings is 1. The van der Waals surface area contributed by atoms with Gasteiger partial charge in [-0.2, -0.15) is 5.26 Å². The number of benzene rings is 1. The normalized spacial score (nSPS) is 15.1. The van der Waals surface area contributed by atoms with Gasteiger partial charge in [-0.15, -0.1) is 0 Å². The lowest BCUT2D eigenvalue weighted by molar-refractivity contribution is 0.122. The van der Waals surface area contributed by atoms with Crippen LogP contribution in [0.25, 0.3) is 22.6 Å². The summed E-state index contributed by atoms with van der Waals surface area (Å²) in [7, 11) is 1.54. The number of ether oxygens (including phenoxy) is 2. The third-order valence-corrected chi connectivity index (χ3v) is 5.42. The van der Waals surface area contributed by atoms with Crippen LogP contribution >= 0.6 is 0 Å². The molecule has 0 saturated carbocycles. The lowest BCUT2D eigenvalue weighted by Crippen LogP contribution is -2.36. The molecule has 0 N–H and O–H groups in total. The first kappa shape index (κ1) is 16.8. The molecule has 2 aromatic heterocycles. The van der Waals surface area contributed by atoms with Crippen molar-refractivity contribution in [3.63, 3.8) is 0 Å². The first-order valence-corrected chi connectivity index (χ1v) is 9.31.